The predicted octanol–water partition coefficient (Wildman–Crippen LogP) is 0.700. The molecule has 8 heteroatoms. The van der Waals surface area contributed by atoms with Gasteiger partial charge in [-0.25, -0.2) is 4.79 Å². The summed E-state index contributed by atoms with van der Waals surface area (Å²) in [4.78, 5) is 38.7. The monoisotopic (exact) mass is 392 g/mol. The van der Waals surface area contributed by atoms with Crippen molar-refractivity contribution in [2.45, 2.75) is 56.4 Å². The lowest BCUT2D eigenvalue weighted by Crippen LogP contribution is -2.77. The predicted molar refractivity (Wildman–Crippen MR) is 101 cm³/mol. The van der Waals surface area contributed by atoms with Crippen molar-refractivity contribution in [3.05, 3.63) is 35.9 Å². The second-order valence-corrected chi connectivity index (χ2v) is 8.87. The lowest BCUT2D eigenvalue weighted by atomic mass is 9.99. The van der Waals surface area contributed by atoms with Crippen molar-refractivity contribution in [3.8, 4) is 0 Å². The van der Waals surface area contributed by atoms with Crippen LogP contribution in [0.25, 0.3) is 0 Å². The Labute approximate surface area is 162 Å². The van der Waals surface area contributed by atoms with Crippen molar-refractivity contribution in [1.29, 1.82) is 0 Å². The van der Waals surface area contributed by atoms with Gasteiger partial charge >= 0.3 is 5.97 Å². The molecule has 2 aliphatic heterocycles. The second kappa shape index (κ2) is 7.52. The summed E-state index contributed by atoms with van der Waals surface area (Å²) in [6, 6.07) is 7.53. The van der Waals surface area contributed by atoms with Gasteiger partial charge in [-0.3, -0.25) is 9.59 Å². The molecule has 0 aromatic heterocycles. The van der Waals surface area contributed by atoms with E-state index in [-0.39, 0.29) is 23.6 Å². The molecule has 2 saturated heterocycles. The van der Waals surface area contributed by atoms with Crippen LogP contribution in [0.4, 0.5) is 0 Å². The van der Waals surface area contributed by atoms with Gasteiger partial charge in [0.1, 0.15) is 17.0 Å². The number of nitrogens with one attached hydrogen (secondary N) is 1. The molecule has 0 bridgehead atoms. The molecular formula is C19H24N2O5S. The van der Waals surface area contributed by atoms with Crippen LogP contribution < -0.4 is 5.32 Å². The van der Waals surface area contributed by atoms with E-state index in [0.29, 0.717) is 5.75 Å². The summed E-state index contributed by atoms with van der Waals surface area (Å²) >= 11 is 1.35. The Morgan fingerprint density at radius 1 is 1.30 bits per heavy atom. The number of benzene rings is 1. The summed E-state index contributed by atoms with van der Waals surface area (Å²) in [7, 11) is 0. The zero-order valence-corrected chi connectivity index (χ0v) is 16.4. The molecule has 2 heterocycles. The number of carbonyl (C=O) groups is 3. The number of β-lactam (4-membered cyclic amide) rings is 1. The molecule has 1 aromatic carbocycles. The molecule has 4 atom stereocenters. The van der Waals surface area contributed by atoms with Crippen LogP contribution in [0.5, 0.6) is 0 Å². The molecule has 0 aliphatic carbocycles. The average molecular weight is 392 g/mol. The molecule has 2 fully saturated rings. The van der Waals surface area contributed by atoms with Gasteiger partial charge in [0.2, 0.25) is 11.8 Å². The first-order valence-corrected chi connectivity index (χ1v) is 9.90. The number of aliphatic hydroxyl groups is 1. The molecule has 2 aliphatic rings. The molecule has 0 radical (unpaired) electrons. The Kier molecular flexibility index (Phi) is 5.48. The van der Waals surface area contributed by atoms with Gasteiger partial charge in [-0.2, -0.15) is 0 Å². The van der Waals surface area contributed by atoms with Crippen molar-refractivity contribution in [3.63, 3.8) is 0 Å². The zero-order chi connectivity index (χ0) is 19.8. The van der Waals surface area contributed by atoms with Crippen LogP contribution in [0.15, 0.2) is 30.3 Å². The summed E-state index contributed by atoms with van der Waals surface area (Å²) in [5.41, 5.74) is 0.144. The number of hydrogen-bond acceptors (Lipinski definition) is 6. The second-order valence-electron chi connectivity index (χ2n) is 7.72. The minimum Gasteiger partial charge on any atom is -0.458 e. The smallest absolute Gasteiger partial charge is 0.332 e. The Morgan fingerprint density at radius 2 is 1.96 bits per heavy atom. The average Bonchev–Trinajstić information content (AvgIpc) is 2.58. The molecule has 2 amide bonds. The van der Waals surface area contributed by atoms with Gasteiger partial charge in [-0.1, -0.05) is 30.3 Å². The van der Waals surface area contributed by atoms with E-state index in [9.17, 15) is 19.5 Å². The van der Waals surface area contributed by atoms with E-state index < -0.39 is 29.8 Å². The number of fused-ring (bicyclic) bond motifs is 1. The van der Waals surface area contributed by atoms with Gasteiger partial charge in [0.25, 0.3) is 0 Å². The van der Waals surface area contributed by atoms with Crippen LogP contribution in [-0.4, -0.2) is 62.7 Å². The van der Waals surface area contributed by atoms with Gasteiger partial charge in [-0.05, 0) is 26.3 Å². The molecule has 146 valence electrons. The Morgan fingerprint density at radius 3 is 2.59 bits per heavy atom. The SMILES string of the molecule is CC(C)(C)OC(=O)C1C(O)CS[C@@H]2C(NC(=O)Cc3ccccc3)C(=O)N12. The molecule has 27 heavy (non-hydrogen) atoms. The first-order chi connectivity index (χ1) is 12.7. The lowest BCUT2D eigenvalue weighted by Gasteiger charge is -2.53. The summed E-state index contributed by atoms with van der Waals surface area (Å²) in [5, 5.41) is 12.6. The van der Waals surface area contributed by atoms with Crippen LogP contribution in [0.2, 0.25) is 0 Å². The van der Waals surface area contributed by atoms with Crippen molar-refractivity contribution < 1.29 is 24.2 Å². The molecule has 1 aromatic rings. The largest absolute Gasteiger partial charge is 0.458 e. The fourth-order valence-electron chi connectivity index (χ4n) is 3.20. The van der Waals surface area contributed by atoms with Gasteiger partial charge in [-0.15, -0.1) is 11.8 Å². The highest BCUT2D eigenvalue weighted by Gasteiger charge is 2.58. The number of hydrogen-bond donors (Lipinski definition) is 2. The quantitative estimate of drug-likeness (QED) is 0.579. The maximum atomic E-state index is 12.6. The Bertz CT molecular complexity index is 733. The number of nitrogens with zero attached hydrogens (tertiary/aromatic N) is 1. The number of rotatable bonds is 4. The minimum absolute atomic E-state index is 0.181. The van der Waals surface area contributed by atoms with Gasteiger partial charge < -0.3 is 20.1 Å². The number of amides is 2. The van der Waals surface area contributed by atoms with E-state index in [4.69, 9.17) is 4.74 Å². The summed E-state index contributed by atoms with van der Waals surface area (Å²) in [6.45, 7) is 5.20. The third-order valence-electron chi connectivity index (χ3n) is 4.35. The molecule has 0 spiro atoms. The molecule has 2 N–H and O–H groups in total. The maximum Gasteiger partial charge on any atom is 0.332 e. The van der Waals surface area contributed by atoms with E-state index in [2.05, 4.69) is 5.32 Å². The number of aliphatic hydroxyl groups excluding tert-OH is 1. The number of thioether (sulfide) groups is 1. The minimum atomic E-state index is -1.04. The summed E-state index contributed by atoms with van der Waals surface area (Å²) < 4.78 is 5.35. The standard InChI is InChI=1S/C19H24N2O5S/c1-19(2,3)26-18(25)15-12(22)10-27-17-14(16(24)21(15)17)20-13(23)9-11-7-5-4-6-8-11/h4-8,12,14-15,17,22H,9-10H2,1-3H3,(H,20,23)/t12?,14?,15?,17-/m1/s1. The van der Waals surface area contributed by atoms with E-state index in [1.807, 2.05) is 30.3 Å². The van der Waals surface area contributed by atoms with E-state index >= 15 is 0 Å². The first-order valence-electron chi connectivity index (χ1n) is 8.85. The zero-order valence-electron chi connectivity index (χ0n) is 15.5. The van der Waals surface area contributed by atoms with Crippen molar-refractivity contribution in [2.75, 3.05) is 5.75 Å². The first kappa shape index (κ1) is 19.7. The summed E-state index contributed by atoms with van der Waals surface area (Å²) in [5.74, 6) is -0.949. The Hall–Kier alpha value is -2.06. The normalized spacial score (nSPS) is 27.4. The fraction of sp³-hybridized carbons (Fsp3) is 0.526. The maximum absolute atomic E-state index is 12.6. The fourth-order valence-corrected chi connectivity index (χ4v) is 4.55. The molecule has 0 saturated carbocycles. The summed E-state index contributed by atoms with van der Waals surface area (Å²) in [6.07, 6.45) is -0.814. The van der Waals surface area contributed by atoms with Crippen LogP contribution in [0.3, 0.4) is 0 Å². The lowest BCUT2D eigenvalue weighted by molar-refractivity contribution is -0.178. The van der Waals surface area contributed by atoms with Crippen LogP contribution >= 0.6 is 11.8 Å². The molecule has 3 unspecified atom stereocenters. The third-order valence-corrected chi connectivity index (χ3v) is 5.73. The highest BCUT2D eigenvalue weighted by atomic mass is 32.2. The van der Waals surface area contributed by atoms with Crippen LogP contribution in [-0.2, 0) is 25.5 Å². The number of carbonyl (C=O) groups excluding carboxylic acids is 3. The van der Waals surface area contributed by atoms with Gasteiger partial charge in [0.05, 0.1) is 12.5 Å². The van der Waals surface area contributed by atoms with Crippen molar-refractivity contribution in [1.82, 2.24) is 10.2 Å². The Balaban J connectivity index is 1.65. The van der Waals surface area contributed by atoms with Crippen molar-refractivity contribution >= 4 is 29.5 Å². The topological polar surface area (TPSA) is 95.9 Å². The molecule has 3 rings (SSSR count). The number of ether oxygens (including phenoxy) is 1. The van der Waals surface area contributed by atoms with E-state index in [1.165, 1.54) is 16.7 Å². The van der Waals surface area contributed by atoms with E-state index in [0.717, 1.165) is 5.56 Å². The third kappa shape index (κ3) is 4.27. The van der Waals surface area contributed by atoms with Crippen LogP contribution in [0, 0.1) is 0 Å². The van der Waals surface area contributed by atoms with Crippen LogP contribution in [0.1, 0.15) is 26.3 Å². The van der Waals surface area contributed by atoms with Crippen molar-refractivity contribution in [2.24, 2.45) is 0 Å². The van der Waals surface area contributed by atoms with Gasteiger partial charge in [0.15, 0.2) is 6.04 Å². The van der Waals surface area contributed by atoms with E-state index in [1.54, 1.807) is 20.8 Å². The number of esters is 1. The highest BCUT2D eigenvalue weighted by molar-refractivity contribution is 8.00. The highest BCUT2D eigenvalue weighted by Crippen LogP contribution is 2.39. The molecular weight excluding hydrogens is 368 g/mol. The molecule has 7 nitrogen and oxygen atoms in total. The van der Waals surface area contributed by atoms with Gasteiger partial charge in [0, 0.05) is 5.75 Å².